The Hall–Kier alpha value is -3.10. The highest BCUT2D eigenvalue weighted by molar-refractivity contribution is 6.05. The number of fused-ring (bicyclic) bond motifs is 1. The van der Waals surface area contributed by atoms with Crippen LogP contribution in [-0.4, -0.2) is 62.8 Å². The van der Waals surface area contributed by atoms with Crippen molar-refractivity contribution in [1.29, 1.82) is 0 Å². The summed E-state index contributed by atoms with van der Waals surface area (Å²) in [6, 6.07) is 9.06. The monoisotopic (exact) mass is 420 g/mol. The molecule has 0 saturated carbocycles. The average molecular weight is 420 g/mol. The Kier molecular flexibility index (Phi) is 5.03. The second-order valence-corrected chi connectivity index (χ2v) is 8.50. The number of carbonyl (C=O) groups excluding carboxylic acids is 3. The molecule has 8 heteroatoms. The maximum absolute atomic E-state index is 12.9. The summed E-state index contributed by atoms with van der Waals surface area (Å²) in [5.74, 6) is -0.869. The van der Waals surface area contributed by atoms with Crippen LogP contribution >= 0.6 is 0 Å². The van der Waals surface area contributed by atoms with Crippen LogP contribution in [0.2, 0.25) is 0 Å². The molecular formula is C23H24N4O4. The van der Waals surface area contributed by atoms with E-state index in [1.165, 1.54) is 0 Å². The Bertz CT molecular complexity index is 1070. The number of aromatic nitrogens is 1. The number of hydrogen-bond acceptors (Lipinski definition) is 6. The predicted molar refractivity (Wildman–Crippen MR) is 112 cm³/mol. The van der Waals surface area contributed by atoms with E-state index in [4.69, 9.17) is 0 Å². The van der Waals surface area contributed by atoms with E-state index in [1.807, 2.05) is 24.3 Å². The number of pyridine rings is 1. The Labute approximate surface area is 179 Å². The minimum absolute atomic E-state index is 0.176. The van der Waals surface area contributed by atoms with Gasteiger partial charge in [-0.3, -0.25) is 29.6 Å². The summed E-state index contributed by atoms with van der Waals surface area (Å²) >= 11 is 0. The van der Waals surface area contributed by atoms with Crippen LogP contribution in [0, 0.1) is 0 Å². The van der Waals surface area contributed by atoms with Crippen molar-refractivity contribution in [2.24, 2.45) is 0 Å². The lowest BCUT2D eigenvalue weighted by atomic mass is 10.0. The van der Waals surface area contributed by atoms with Crippen LogP contribution in [-0.2, 0) is 22.7 Å². The smallest absolute Gasteiger partial charge is 0.255 e. The fourth-order valence-corrected chi connectivity index (χ4v) is 4.68. The molecule has 2 saturated heterocycles. The van der Waals surface area contributed by atoms with E-state index >= 15 is 0 Å². The SMILES string of the molecule is O=C1CCC(N2Cc3cc(-c4cc(CN5CC[C@H](O)C5)ccn4)ccc3C2=O)C(=O)N1. The molecular weight excluding hydrogens is 396 g/mol. The van der Waals surface area contributed by atoms with Crippen molar-refractivity contribution >= 4 is 17.7 Å². The van der Waals surface area contributed by atoms with Gasteiger partial charge in [-0.2, -0.15) is 0 Å². The summed E-state index contributed by atoms with van der Waals surface area (Å²) in [6.45, 7) is 2.68. The first kappa shape index (κ1) is 19.8. The molecule has 2 N–H and O–H groups in total. The van der Waals surface area contributed by atoms with E-state index in [0.717, 1.165) is 41.9 Å². The number of amides is 3. The minimum Gasteiger partial charge on any atom is -0.392 e. The van der Waals surface area contributed by atoms with Gasteiger partial charge in [-0.15, -0.1) is 0 Å². The molecule has 8 nitrogen and oxygen atoms in total. The Balaban J connectivity index is 1.35. The van der Waals surface area contributed by atoms with Gasteiger partial charge in [-0.05, 0) is 48.2 Å². The number of aliphatic hydroxyl groups excluding tert-OH is 1. The number of likely N-dealkylation sites (tertiary alicyclic amines) is 1. The first-order chi connectivity index (χ1) is 15.0. The van der Waals surface area contributed by atoms with Crippen LogP contribution in [0.3, 0.4) is 0 Å². The van der Waals surface area contributed by atoms with E-state index in [9.17, 15) is 19.5 Å². The van der Waals surface area contributed by atoms with Crippen LogP contribution in [0.15, 0.2) is 36.5 Å². The summed E-state index contributed by atoms with van der Waals surface area (Å²) in [6.07, 6.45) is 2.94. The Morgan fingerprint density at radius 1 is 1.13 bits per heavy atom. The number of carbonyl (C=O) groups is 3. The van der Waals surface area contributed by atoms with Gasteiger partial charge in [0, 0.05) is 49.9 Å². The summed E-state index contributed by atoms with van der Waals surface area (Å²) in [5.41, 5.74) is 4.32. The highest BCUT2D eigenvalue weighted by Crippen LogP contribution is 2.31. The first-order valence-electron chi connectivity index (χ1n) is 10.6. The van der Waals surface area contributed by atoms with Crippen LogP contribution < -0.4 is 5.32 Å². The van der Waals surface area contributed by atoms with E-state index < -0.39 is 11.9 Å². The zero-order valence-corrected chi connectivity index (χ0v) is 17.1. The standard InChI is InChI=1S/C23H24N4O4/c28-17-6-8-26(13-17)11-14-5-7-24-19(9-14)15-1-2-18-16(10-15)12-27(23(18)31)20-3-4-21(29)25-22(20)30/h1-2,5,7,9-10,17,20,28H,3-4,6,8,11-13H2,(H,25,29,30)/t17-,20?/m0/s1. The third kappa shape index (κ3) is 3.84. The second-order valence-electron chi connectivity index (χ2n) is 8.50. The molecule has 1 aromatic carbocycles. The molecule has 2 aromatic rings. The largest absolute Gasteiger partial charge is 0.392 e. The minimum atomic E-state index is -0.613. The third-order valence-electron chi connectivity index (χ3n) is 6.30. The molecule has 4 heterocycles. The van der Waals surface area contributed by atoms with E-state index in [2.05, 4.69) is 15.2 Å². The summed E-state index contributed by atoms with van der Waals surface area (Å²) < 4.78 is 0. The van der Waals surface area contributed by atoms with Crippen LogP contribution in [0.4, 0.5) is 0 Å². The maximum atomic E-state index is 12.9. The molecule has 31 heavy (non-hydrogen) atoms. The highest BCUT2D eigenvalue weighted by atomic mass is 16.3. The van der Waals surface area contributed by atoms with Crippen LogP contribution in [0.25, 0.3) is 11.3 Å². The van der Waals surface area contributed by atoms with Gasteiger partial charge >= 0.3 is 0 Å². The number of rotatable bonds is 4. The van der Waals surface area contributed by atoms with Crippen molar-refractivity contribution in [3.63, 3.8) is 0 Å². The quantitative estimate of drug-likeness (QED) is 0.718. The molecule has 0 aliphatic carbocycles. The molecule has 3 aliphatic heterocycles. The van der Waals surface area contributed by atoms with Gasteiger partial charge in [0.2, 0.25) is 11.8 Å². The molecule has 5 rings (SSSR count). The molecule has 1 unspecified atom stereocenters. The van der Waals surface area contributed by atoms with Gasteiger partial charge < -0.3 is 10.0 Å². The van der Waals surface area contributed by atoms with Gasteiger partial charge in [-0.25, -0.2) is 0 Å². The lowest BCUT2D eigenvalue weighted by Gasteiger charge is -2.29. The highest BCUT2D eigenvalue weighted by Gasteiger charge is 2.39. The van der Waals surface area contributed by atoms with E-state index in [0.29, 0.717) is 25.1 Å². The van der Waals surface area contributed by atoms with Crippen molar-refractivity contribution in [3.8, 4) is 11.3 Å². The normalized spacial score (nSPS) is 23.9. The van der Waals surface area contributed by atoms with Gasteiger partial charge in [0.1, 0.15) is 6.04 Å². The van der Waals surface area contributed by atoms with Crippen molar-refractivity contribution < 1.29 is 19.5 Å². The van der Waals surface area contributed by atoms with Crippen molar-refractivity contribution in [2.75, 3.05) is 13.1 Å². The van der Waals surface area contributed by atoms with Crippen molar-refractivity contribution in [2.45, 2.75) is 44.5 Å². The lowest BCUT2D eigenvalue weighted by molar-refractivity contribution is -0.136. The lowest BCUT2D eigenvalue weighted by Crippen LogP contribution is -2.52. The van der Waals surface area contributed by atoms with E-state index in [1.54, 1.807) is 17.2 Å². The summed E-state index contributed by atoms with van der Waals surface area (Å²) in [5, 5.41) is 12.1. The number of benzene rings is 1. The van der Waals surface area contributed by atoms with Gasteiger partial charge in [0.05, 0.1) is 11.8 Å². The van der Waals surface area contributed by atoms with Gasteiger partial charge in [-0.1, -0.05) is 6.07 Å². The number of hydrogen-bond donors (Lipinski definition) is 2. The fraction of sp³-hybridized carbons (Fsp3) is 0.391. The number of piperidine rings is 1. The first-order valence-corrected chi connectivity index (χ1v) is 10.6. The van der Waals surface area contributed by atoms with E-state index in [-0.39, 0.29) is 24.3 Å². The molecule has 3 amide bonds. The number of aliphatic hydroxyl groups is 1. The van der Waals surface area contributed by atoms with Gasteiger partial charge in [0.25, 0.3) is 5.91 Å². The molecule has 3 aliphatic rings. The zero-order chi connectivity index (χ0) is 21.5. The topological polar surface area (TPSA) is 103 Å². The Morgan fingerprint density at radius 2 is 2.00 bits per heavy atom. The van der Waals surface area contributed by atoms with Crippen LogP contribution in [0.5, 0.6) is 0 Å². The van der Waals surface area contributed by atoms with Crippen molar-refractivity contribution in [3.05, 3.63) is 53.2 Å². The molecule has 1 aromatic heterocycles. The summed E-state index contributed by atoms with van der Waals surface area (Å²) in [4.78, 5) is 44.8. The third-order valence-corrected chi connectivity index (χ3v) is 6.30. The molecule has 2 atom stereocenters. The second kappa shape index (κ2) is 7.86. The van der Waals surface area contributed by atoms with Gasteiger partial charge in [0.15, 0.2) is 0 Å². The maximum Gasteiger partial charge on any atom is 0.255 e. The van der Waals surface area contributed by atoms with Crippen LogP contribution in [0.1, 0.15) is 40.7 Å². The summed E-state index contributed by atoms with van der Waals surface area (Å²) in [7, 11) is 0. The molecule has 2 fully saturated rings. The van der Waals surface area contributed by atoms with Crippen molar-refractivity contribution in [1.82, 2.24) is 20.1 Å². The molecule has 0 spiro atoms. The predicted octanol–water partition coefficient (Wildman–Crippen LogP) is 1.08. The fourth-order valence-electron chi connectivity index (χ4n) is 4.68. The average Bonchev–Trinajstić information content (AvgIpc) is 3.30. The number of nitrogens with one attached hydrogen (secondary N) is 1. The molecule has 160 valence electrons. The molecule has 0 radical (unpaired) electrons. The zero-order valence-electron chi connectivity index (χ0n) is 17.1. The number of β-amino-alcohol motifs (C(OH)–C–C–N with tert-alkyl or cyclic N) is 1. The number of imide groups is 1. The molecule has 0 bridgehead atoms. The number of nitrogens with zero attached hydrogens (tertiary/aromatic N) is 3. The Morgan fingerprint density at radius 3 is 2.77 bits per heavy atom.